The Morgan fingerprint density at radius 1 is 0.974 bits per heavy atom. The molecule has 0 unspecified atom stereocenters. The van der Waals surface area contributed by atoms with E-state index in [1.807, 2.05) is 38.1 Å². The maximum Gasteiger partial charge on any atom is 0.335 e. The molecule has 3 aromatic carbocycles. The third-order valence-corrected chi connectivity index (χ3v) is 6.54. The molecule has 38 heavy (non-hydrogen) atoms. The topological polar surface area (TPSA) is 94.2 Å². The fraction of sp³-hybridized carbons (Fsp3) is 0.207. The molecule has 0 spiro atoms. The van der Waals surface area contributed by atoms with Crippen LogP contribution in [-0.2, 0) is 16.2 Å². The van der Waals surface area contributed by atoms with Crippen LogP contribution in [0.2, 0.25) is 0 Å². The van der Waals surface area contributed by atoms with Crippen LogP contribution < -0.4 is 24.4 Å². The molecule has 1 aliphatic rings. The number of anilines is 1. The summed E-state index contributed by atoms with van der Waals surface area (Å²) >= 11 is 2.11. The molecule has 4 amide bonds. The number of hydrogen-bond donors (Lipinski definition) is 1. The molecular formula is C29H27IN2O6. The summed E-state index contributed by atoms with van der Waals surface area (Å²) in [5, 5.41) is 2.25. The van der Waals surface area contributed by atoms with Crippen molar-refractivity contribution in [1.29, 1.82) is 0 Å². The largest absolute Gasteiger partial charge is 0.493 e. The number of amides is 4. The van der Waals surface area contributed by atoms with Crippen molar-refractivity contribution in [3.63, 3.8) is 0 Å². The number of hydrogen-bond acceptors (Lipinski definition) is 6. The lowest BCUT2D eigenvalue weighted by molar-refractivity contribution is -0.122. The Hall–Kier alpha value is -3.86. The van der Waals surface area contributed by atoms with Crippen molar-refractivity contribution in [2.75, 3.05) is 18.6 Å². The molecule has 8 nitrogen and oxygen atoms in total. The normalized spacial score (nSPS) is 14.5. The van der Waals surface area contributed by atoms with Gasteiger partial charge in [-0.05, 0) is 89.5 Å². The van der Waals surface area contributed by atoms with Crippen LogP contribution in [0, 0.1) is 10.5 Å². The van der Waals surface area contributed by atoms with Crippen molar-refractivity contribution in [3.8, 4) is 17.2 Å². The first-order chi connectivity index (χ1) is 18.3. The second kappa shape index (κ2) is 12.1. The maximum absolute atomic E-state index is 13.3. The highest BCUT2D eigenvalue weighted by Crippen LogP contribution is 2.35. The van der Waals surface area contributed by atoms with Gasteiger partial charge in [-0.1, -0.05) is 36.8 Å². The number of carbonyl (C=O) groups is 3. The Kier molecular flexibility index (Phi) is 8.67. The summed E-state index contributed by atoms with van der Waals surface area (Å²) in [5.41, 5.74) is 2.88. The van der Waals surface area contributed by atoms with Crippen LogP contribution >= 0.6 is 22.6 Å². The second-order valence-corrected chi connectivity index (χ2v) is 9.77. The summed E-state index contributed by atoms with van der Waals surface area (Å²) in [6.45, 7) is 4.94. The van der Waals surface area contributed by atoms with Gasteiger partial charge in [0.25, 0.3) is 11.8 Å². The number of aryl methyl sites for hydroxylation is 1. The average Bonchev–Trinajstić information content (AvgIpc) is 2.90. The van der Waals surface area contributed by atoms with E-state index in [0.717, 1.165) is 20.5 Å². The second-order valence-electron chi connectivity index (χ2n) is 8.61. The van der Waals surface area contributed by atoms with Gasteiger partial charge in [-0.25, -0.2) is 9.69 Å². The van der Waals surface area contributed by atoms with Gasteiger partial charge in [-0.3, -0.25) is 14.9 Å². The molecule has 0 aliphatic carbocycles. The van der Waals surface area contributed by atoms with Crippen molar-refractivity contribution >= 4 is 52.2 Å². The van der Waals surface area contributed by atoms with Gasteiger partial charge in [0.15, 0.2) is 11.5 Å². The highest BCUT2D eigenvalue weighted by Gasteiger charge is 2.37. The monoisotopic (exact) mass is 626 g/mol. The van der Waals surface area contributed by atoms with Crippen molar-refractivity contribution in [1.82, 2.24) is 5.32 Å². The Labute approximate surface area is 234 Å². The molecule has 0 bridgehead atoms. The minimum atomic E-state index is -0.819. The zero-order valence-electron chi connectivity index (χ0n) is 21.2. The molecule has 4 rings (SSSR count). The summed E-state index contributed by atoms with van der Waals surface area (Å²) in [5.74, 6) is 0.160. The number of nitrogens with one attached hydrogen (secondary N) is 1. The molecule has 1 N–H and O–H groups in total. The molecule has 196 valence electrons. The fourth-order valence-electron chi connectivity index (χ4n) is 3.77. The molecule has 0 atom stereocenters. The average molecular weight is 626 g/mol. The first-order valence-corrected chi connectivity index (χ1v) is 13.1. The van der Waals surface area contributed by atoms with Crippen LogP contribution in [0.25, 0.3) is 6.08 Å². The Morgan fingerprint density at radius 2 is 1.68 bits per heavy atom. The third-order valence-electron chi connectivity index (χ3n) is 5.74. The van der Waals surface area contributed by atoms with Crippen LogP contribution in [0.4, 0.5) is 10.5 Å². The molecule has 9 heteroatoms. The quantitative estimate of drug-likeness (QED) is 0.188. The number of carbonyl (C=O) groups excluding carboxylic acids is 3. The number of urea groups is 1. The van der Waals surface area contributed by atoms with Crippen LogP contribution in [0.5, 0.6) is 17.2 Å². The third kappa shape index (κ3) is 6.16. The smallest absolute Gasteiger partial charge is 0.335 e. The van der Waals surface area contributed by atoms with Crippen LogP contribution in [-0.4, -0.2) is 31.6 Å². The first-order valence-electron chi connectivity index (χ1n) is 12.0. The predicted molar refractivity (Wildman–Crippen MR) is 152 cm³/mol. The van der Waals surface area contributed by atoms with Gasteiger partial charge in [0.05, 0.1) is 23.0 Å². The van der Waals surface area contributed by atoms with Gasteiger partial charge in [-0.15, -0.1) is 0 Å². The Bertz CT molecular complexity index is 1380. The number of imide groups is 2. The van der Waals surface area contributed by atoms with E-state index in [0.29, 0.717) is 41.7 Å². The van der Waals surface area contributed by atoms with E-state index in [2.05, 4.69) is 27.9 Å². The fourth-order valence-corrected chi connectivity index (χ4v) is 4.55. The van der Waals surface area contributed by atoms with E-state index >= 15 is 0 Å². The first kappa shape index (κ1) is 27.2. The number of barbiturate groups is 1. The van der Waals surface area contributed by atoms with Gasteiger partial charge in [0.2, 0.25) is 0 Å². The summed E-state index contributed by atoms with van der Waals surface area (Å²) in [6, 6.07) is 17.2. The Balaban J connectivity index is 1.55. The molecular weight excluding hydrogens is 599 g/mol. The lowest BCUT2D eigenvalue weighted by Gasteiger charge is -2.26. The summed E-state index contributed by atoms with van der Waals surface area (Å²) in [4.78, 5) is 39.5. The van der Waals surface area contributed by atoms with E-state index in [1.54, 1.807) is 36.4 Å². The van der Waals surface area contributed by atoms with E-state index in [4.69, 9.17) is 14.2 Å². The van der Waals surface area contributed by atoms with Crippen LogP contribution in [0.3, 0.4) is 0 Å². The Morgan fingerprint density at radius 3 is 2.34 bits per heavy atom. The molecule has 0 saturated carbocycles. The molecule has 0 radical (unpaired) electrons. The van der Waals surface area contributed by atoms with E-state index in [-0.39, 0.29) is 5.57 Å². The molecule has 1 heterocycles. The molecule has 1 fully saturated rings. The van der Waals surface area contributed by atoms with Gasteiger partial charge in [0, 0.05) is 0 Å². The van der Waals surface area contributed by atoms with Crippen molar-refractivity contribution in [2.45, 2.75) is 26.9 Å². The predicted octanol–water partition coefficient (Wildman–Crippen LogP) is 5.64. The van der Waals surface area contributed by atoms with E-state index in [1.165, 1.54) is 18.7 Å². The summed E-state index contributed by atoms with van der Waals surface area (Å²) in [7, 11) is 1.52. The maximum atomic E-state index is 13.3. The van der Waals surface area contributed by atoms with Crippen molar-refractivity contribution in [2.24, 2.45) is 0 Å². The number of rotatable bonds is 9. The summed E-state index contributed by atoms with van der Waals surface area (Å²) in [6.07, 6.45) is 2.27. The van der Waals surface area contributed by atoms with Crippen LogP contribution in [0.15, 0.2) is 66.2 Å². The van der Waals surface area contributed by atoms with Gasteiger partial charge in [-0.2, -0.15) is 0 Å². The minimum absolute atomic E-state index is 0.177. The molecule has 1 aliphatic heterocycles. The van der Waals surface area contributed by atoms with Crippen LogP contribution in [0.1, 0.15) is 30.0 Å². The number of ether oxygens (including phenoxy) is 3. The van der Waals surface area contributed by atoms with E-state index < -0.39 is 17.8 Å². The van der Waals surface area contributed by atoms with E-state index in [9.17, 15) is 14.4 Å². The van der Waals surface area contributed by atoms with Gasteiger partial charge in [0.1, 0.15) is 17.9 Å². The highest BCUT2D eigenvalue weighted by molar-refractivity contribution is 14.1. The lowest BCUT2D eigenvalue weighted by Crippen LogP contribution is -2.54. The van der Waals surface area contributed by atoms with Crippen molar-refractivity contribution < 1.29 is 28.6 Å². The summed E-state index contributed by atoms with van der Waals surface area (Å²) < 4.78 is 17.8. The molecule has 1 saturated heterocycles. The van der Waals surface area contributed by atoms with Crippen molar-refractivity contribution in [3.05, 3.63) is 86.5 Å². The molecule has 0 aromatic heterocycles. The van der Waals surface area contributed by atoms with Gasteiger partial charge >= 0.3 is 6.03 Å². The standard InChI is InChI=1S/C29H27IN2O6/c1-4-13-37-26-24(30)15-20(16-25(26)36-3)14-23-27(33)31-29(35)32(28(23)34)21-9-11-22(12-10-21)38-17-19-7-5-18(2)6-8-19/h5-12,14-16H,4,13,17H2,1-3H3,(H,31,33,35)/b23-14+. The lowest BCUT2D eigenvalue weighted by atomic mass is 10.1. The number of methoxy groups -OCH3 is 1. The van der Waals surface area contributed by atoms with Gasteiger partial charge < -0.3 is 14.2 Å². The SMILES string of the molecule is CCCOc1c(I)cc(/C=C2\C(=O)NC(=O)N(c3ccc(OCc4ccc(C)cc4)cc3)C2=O)cc1OC. The number of benzene rings is 3. The highest BCUT2D eigenvalue weighted by atomic mass is 127. The zero-order valence-corrected chi connectivity index (χ0v) is 23.4. The zero-order chi connectivity index (χ0) is 27.2. The number of nitrogens with zero attached hydrogens (tertiary/aromatic N) is 1. The molecule has 3 aromatic rings. The minimum Gasteiger partial charge on any atom is -0.493 e. The number of halogens is 1.